The Morgan fingerprint density at radius 2 is 2.04 bits per heavy atom. The lowest BCUT2D eigenvalue weighted by molar-refractivity contribution is 0.0668. The van der Waals surface area contributed by atoms with Gasteiger partial charge in [-0.1, -0.05) is 6.07 Å². The number of benzene rings is 1. The number of methoxy groups -OCH3 is 1. The second kappa shape index (κ2) is 11.6. The van der Waals surface area contributed by atoms with Crippen LogP contribution in [0.25, 0.3) is 0 Å². The Kier molecular flexibility index (Phi) is 9.13. The summed E-state index contributed by atoms with van der Waals surface area (Å²) < 4.78 is 11.2. The summed E-state index contributed by atoms with van der Waals surface area (Å²) in [7, 11) is 3.60. The maximum Gasteiger partial charge on any atom is 0.161 e. The largest absolute Gasteiger partial charge is 0.493 e. The summed E-state index contributed by atoms with van der Waals surface area (Å²) in [5, 5.41) is 13.6. The zero-order chi connectivity index (χ0) is 20.4. The molecule has 7 nitrogen and oxygen atoms in total. The highest BCUT2D eigenvalue weighted by Crippen LogP contribution is 2.28. The van der Waals surface area contributed by atoms with E-state index in [-0.39, 0.29) is 6.61 Å². The number of likely N-dealkylation sites (N-methyl/N-ethyl adjacent to an activating group) is 1. The second-order valence-electron chi connectivity index (χ2n) is 7.11. The highest BCUT2D eigenvalue weighted by molar-refractivity contribution is 5.43. The van der Waals surface area contributed by atoms with Crippen LogP contribution in [0.4, 0.5) is 0 Å². The molecular weight excluding hydrogens is 356 g/mol. The molecular formula is C21H32N4O3. The number of rotatable bonds is 12. The highest BCUT2D eigenvalue weighted by atomic mass is 16.5. The molecule has 154 valence electrons. The van der Waals surface area contributed by atoms with Gasteiger partial charge in [0, 0.05) is 50.7 Å². The van der Waals surface area contributed by atoms with Gasteiger partial charge in [0.15, 0.2) is 11.5 Å². The zero-order valence-corrected chi connectivity index (χ0v) is 17.3. The standard InChI is InChI=1S/C21H32N4O3/c1-16(2)25(3)14-19(26)15-28-21-11-17(5-6-20(21)27-4)12-22-8-7-18-13-23-9-10-24-18/h5-6,9-11,13,16,19,22,26H,7-8,12,14-15H2,1-4H3/t19-/m0/s1. The molecule has 0 spiro atoms. The molecule has 2 rings (SSSR count). The molecule has 2 N–H and O–H groups in total. The van der Waals surface area contributed by atoms with Crippen LogP contribution >= 0.6 is 0 Å². The van der Waals surface area contributed by atoms with Crippen LogP contribution in [0.3, 0.4) is 0 Å². The van der Waals surface area contributed by atoms with E-state index in [0.717, 1.165) is 24.2 Å². The maximum atomic E-state index is 10.2. The molecule has 0 aliphatic carbocycles. The van der Waals surface area contributed by atoms with Crippen LogP contribution in [0.5, 0.6) is 11.5 Å². The Labute approximate surface area is 167 Å². The molecule has 7 heteroatoms. The first kappa shape index (κ1) is 22.1. The first-order valence-corrected chi connectivity index (χ1v) is 9.63. The fourth-order valence-electron chi connectivity index (χ4n) is 2.63. The van der Waals surface area contributed by atoms with Gasteiger partial charge in [-0.25, -0.2) is 0 Å². The van der Waals surface area contributed by atoms with Gasteiger partial charge >= 0.3 is 0 Å². The first-order valence-electron chi connectivity index (χ1n) is 9.63. The Bertz CT molecular complexity index is 697. The number of hydrogen-bond acceptors (Lipinski definition) is 7. The number of aromatic nitrogens is 2. The van der Waals surface area contributed by atoms with Crippen LogP contribution in [-0.2, 0) is 13.0 Å². The van der Waals surface area contributed by atoms with E-state index in [9.17, 15) is 5.11 Å². The van der Waals surface area contributed by atoms with Crippen molar-refractivity contribution in [2.24, 2.45) is 0 Å². The van der Waals surface area contributed by atoms with Gasteiger partial charge in [0.25, 0.3) is 0 Å². The average Bonchev–Trinajstić information content (AvgIpc) is 2.70. The van der Waals surface area contributed by atoms with Crippen molar-refractivity contribution < 1.29 is 14.6 Å². The molecule has 2 aromatic rings. The summed E-state index contributed by atoms with van der Waals surface area (Å²) in [6.07, 6.45) is 5.42. The lowest BCUT2D eigenvalue weighted by Crippen LogP contribution is -2.37. The quantitative estimate of drug-likeness (QED) is 0.538. The molecule has 0 aliphatic rings. The fraction of sp³-hybridized carbons (Fsp3) is 0.524. The Hall–Kier alpha value is -2.22. The van der Waals surface area contributed by atoms with E-state index in [1.165, 1.54) is 0 Å². The van der Waals surface area contributed by atoms with Gasteiger partial charge in [0.1, 0.15) is 12.7 Å². The smallest absolute Gasteiger partial charge is 0.161 e. The third-order valence-electron chi connectivity index (χ3n) is 4.54. The number of aliphatic hydroxyl groups excluding tert-OH is 1. The molecule has 1 heterocycles. The molecule has 0 radical (unpaired) electrons. The Balaban J connectivity index is 1.84. The van der Waals surface area contributed by atoms with E-state index in [1.807, 2.05) is 25.2 Å². The van der Waals surface area contributed by atoms with Crippen LogP contribution in [0.2, 0.25) is 0 Å². The van der Waals surface area contributed by atoms with Gasteiger partial charge in [-0.05, 0) is 38.6 Å². The summed E-state index contributed by atoms with van der Waals surface area (Å²) in [6.45, 7) is 6.48. The van der Waals surface area contributed by atoms with Crippen molar-refractivity contribution in [2.75, 3.05) is 33.9 Å². The average molecular weight is 389 g/mol. The minimum Gasteiger partial charge on any atom is -0.493 e. The van der Waals surface area contributed by atoms with Gasteiger partial charge in [0.2, 0.25) is 0 Å². The zero-order valence-electron chi connectivity index (χ0n) is 17.3. The summed E-state index contributed by atoms with van der Waals surface area (Å²) in [6, 6.07) is 6.22. The van der Waals surface area contributed by atoms with Crippen molar-refractivity contribution in [1.29, 1.82) is 0 Å². The van der Waals surface area contributed by atoms with Crippen LogP contribution < -0.4 is 14.8 Å². The van der Waals surface area contributed by atoms with E-state index in [1.54, 1.807) is 25.7 Å². The van der Waals surface area contributed by atoms with Crippen molar-refractivity contribution in [3.8, 4) is 11.5 Å². The number of aliphatic hydroxyl groups is 1. The predicted octanol–water partition coefficient (Wildman–Crippen LogP) is 1.90. The van der Waals surface area contributed by atoms with E-state index in [4.69, 9.17) is 9.47 Å². The summed E-state index contributed by atoms with van der Waals surface area (Å²) >= 11 is 0. The molecule has 0 saturated heterocycles. The van der Waals surface area contributed by atoms with Crippen LogP contribution in [0.1, 0.15) is 25.1 Å². The Morgan fingerprint density at radius 3 is 2.71 bits per heavy atom. The fourth-order valence-corrected chi connectivity index (χ4v) is 2.63. The molecule has 1 atom stereocenters. The molecule has 0 fully saturated rings. The molecule has 1 aromatic carbocycles. The normalized spacial score (nSPS) is 12.4. The van der Waals surface area contributed by atoms with Gasteiger partial charge in [-0.3, -0.25) is 9.97 Å². The predicted molar refractivity (Wildman–Crippen MR) is 110 cm³/mol. The van der Waals surface area contributed by atoms with E-state index in [0.29, 0.717) is 30.6 Å². The van der Waals surface area contributed by atoms with Gasteiger partial charge in [-0.15, -0.1) is 0 Å². The summed E-state index contributed by atoms with van der Waals surface area (Å²) in [5.41, 5.74) is 2.05. The lowest BCUT2D eigenvalue weighted by Gasteiger charge is -2.24. The van der Waals surface area contributed by atoms with Crippen molar-refractivity contribution in [3.05, 3.63) is 48.0 Å². The second-order valence-corrected chi connectivity index (χ2v) is 7.11. The number of ether oxygens (including phenoxy) is 2. The molecule has 0 saturated carbocycles. The molecule has 28 heavy (non-hydrogen) atoms. The molecule has 1 aromatic heterocycles. The minimum absolute atomic E-state index is 0.219. The van der Waals surface area contributed by atoms with Crippen molar-refractivity contribution in [3.63, 3.8) is 0 Å². The van der Waals surface area contributed by atoms with Crippen LogP contribution in [0, 0.1) is 0 Å². The van der Waals surface area contributed by atoms with Crippen LogP contribution in [-0.4, -0.2) is 66.0 Å². The van der Waals surface area contributed by atoms with Crippen LogP contribution in [0.15, 0.2) is 36.8 Å². The van der Waals surface area contributed by atoms with Crippen molar-refractivity contribution >= 4 is 0 Å². The number of nitrogens with zero attached hydrogens (tertiary/aromatic N) is 3. The topological polar surface area (TPSA) is 79.7 Å². The molecule has 0 unspecified atom stereocenters. The third-order valence-corrected chi connectivity index (χ3v) is 4.54. The minimum atomic E-state index is -0.564. The maximum absolute atomic E-state index is 10.2. The van der Waals surface area contributed by atoms with Gasteiger partial charge in [-0.2, -0.15) is 0 Å². The highest BCUT2D eigenvalue weighted by Gasteiger charge is 2.13. The molecule has 0 amide bonds. The SMILES string of the molecule is COc1ccc(CNCCc2cnccn2)cc1OC[C@@H](O)CN(C)C(C)C. The molecule has 0 bridgehead atoms. The van der Waals surface area contributed by atoms with E-state index < -0.39 is 6.10 Å². The monoisotopic (exact) mass is 388 g/mol. The van der Waals surface area contributed by atoms with Gasteiger partial charge < -0.3 is 24.8 Å². The Morgan fingerprint density at radius 1 is 1.21 bits per heavy atom. The number of hydrogen-bond donors (Lipinski definition) is 2. The van der Waals surface area contributed by atoms with Gasteiger partial charge in [0.05, 0.1) is 12.8 Å². The van der Waals surface area contributed by atoms with E-state index >= 15 is 0 Å². The molecule has 0 aliphatic heterocycles. The third kappa shape index (κ3) is 7.42. The first-order chi connectivity index (χ1) is 13.5. The number of nitrogens with one attached hydrogen (secondary N) is 1. The summed E-state index contributed by atoms with van der Waals surface area (Å²) in [4.78, 5) is 10.4. The van der Waals surface area contributed by atoms with Crippen molar-refractivity contribution in [2.45, 2.75) is 39.0 Å². The van der Waals surface area contributed by atoms with Crippen molar-refractivity contribution in [1.82, 2.24) is 20.2 Å². The van der Waals surface area contributed by atoms with E-state index in [2.05, 4.69) is 34.0 Å². The summed E-state index contributed by atoms with van der Waals surface area (Å²) in [5.74, 6) is 1.30. The lowest BCUT2D eigenvalue weighted by atomic mass is 10.2.